The predicted molar refractivity (Wildman–Crippen MR) is 46.4 cm³/mol. The molecule has 0 fully saturated rings. The normalized spacial score (nSPS) is 14.5. The quantitative estimate of drug-likeness (QED) is 0.446. The molecular formula is C8H12N2O3. The minimum Gasteiger partial charge on any atom is -0.480 e. The summed E-state index contributed by atoms with van der Waals surface area (Å²) in [5.74, 6) is -1.80. The lowest BCUT2D eigenvalue weighted by molar-refractivity contribution is -0.146. The topological polar surface area (TPSA) is 83.6 Å². The molecule has 0 aliphatic heterocycles. The third-order valence-electron chi connectivity index (χ3n) is 1.49. The van der Waals surface area contributed by atoms with Crippen molar-refractivity contribution in [2.24, 2.45) is 5.73 Å². The van der Waals surface area contributed by atoms with Crippen LogP contribution in [0, 0.1) is 12.4 Å². The first-order chi connectivity index (χ1) is 6.41. The molecule has 0 aliphatic carbocycles. The number of nitrogens with zero attached hydrogens (tertiary/aromatic N) is 1. The van der Waals surface area contributed by atoms with Gasteiger partial charge in [-0.2, -0.15) is 0 Å². The summed E-state index contributed by atoms with van der Waals surface area (Å²) >= 11 is 0. The van der Waals surface area contributed by atoms with E-state index in [0.29, 0.717) is 0 Å². The molecule has 0 heterocycles. The summed E-state index contributed by atoms with van der Waals surface area (Å²) < 4.78 is 6.61. The predicted octanol–water partition coefficient (Wildman–Crippen LogP) is -0.774. The average Bonchev–Trinajstić information content (AvgIpc) is 2.11. The second-order valence-electron chi connectivity index (χ2n) is 2.62. The fourth-order valence-corrected chi connectivity index (χ4v) is 0.673. The first-order valence-corrected chi connectivity index (χ1v) is 3.65. The number of nitrogens with two attached hydrogens (primary N) is 1. The standard InChI is InChI=1S/C8H12N2O3/c1-4-10(6(3)8(12)13)7(11)5(2)9/h1,5-6H,9H2,2-3H3,(H,12,13)/t5-,6+/m1/s1/i1D. The molecule has 2 atom stereocenters. The fraction of sp³-hybridized carbons (Fsp3) is 0.500. The van der Waals surface area contributed by atoms with Crippen LogP contribution < -0.4 is 5.73 Å². The largest absolute Gasteiger partial charge is 0.480 e. The Kier molecular flexibility index (Phi) is 3.29. The van der Waals surface area contributed by atoms with E-state index in [1.807, 2.05) is 0 Å². The van der Waals surface area contributed by atoms with Gasteiger partial charge in [0.05, 0.1) is 6.04 Å². The summed E-state index contributed by atoms with van der Waals surface area (Å²) in [5, 5.41) is 8.65. The van der Waals surface area contributed by atoms with Crippen molar-refractivity contribution in [3.8, 4) is 12.4 Å². The van der Waals surface area contributed by atoms with Crippen LogP contribution in [0.4, 0.5) is 0 Å². The first-order valence-electron chi connectivity index (χ1n) is 4.15. The molecule has 0 unspecified atom stereocenters. The Balaban J connectivity index is 4.83. The Labute approximate surface area is 77.9 Å². The zero-order valence-electron chi connectivity index (χ0n) is 8.44. The minimum atomic E-state index is -1.19. The number of carbonyl (C=O) groups is 2. The van der Waals surface area contributed by atoms with Crippen molar-refractivity contribution >= 4 is 11.9 Å². The highest BCUT2D eigenvalue weighted by Crippen LogP contribution is 2.00. The van der Waals surface area contributed by atoms with Crippen molar-refractivity contribution in [2.45, 2.75) is 25.9 Å². The van der Waals surface area contributed by atoms with E-state index in [1.54, 1.807) is 6.40 Å². The SMILES string of the molecule is [2H]C#CN(C(=O)[C@@H](C)N)[C@@H](C)C(=O)O. The molecule has 0 aliphatic rings. The van der Waals surface area contributed by atoms with Gasteiger partial charge in [0, 0.05) is 6.04 Å². The van der Waals surface area contributed by atoms with Crippen molar-refractivity contribution in [3.05, 3.63) is 0 Å². The summed E-state index contributed by atoms with van der Waals surface area (Å²) in [4.78, 5) is 22.7. The molecule has 1 amide bonds. The minimum absolute atomic E-state index is 0.611. The third kappa shape index (κ3) is 2.76. The van der Waals surface area contributed by atoms with E-state index < -0.39 is 24.0 Å². The summed E-state index contributed by atoms with van der Waals surface area (Å²) in [6.07, 6.45) is 1.73. The summed E-state index contributed by atoms with van der Waals surface area (Å²) in [7, 11) is 0. The highest BCUT2D eigenvalue weighted by Gasteiger charge is 2.25. The van der Waals surface area contributed by atoms with Crippen LogP contribution in [0.15, 0.2) is 0 Å². The highest BCUT2D eigenvalue weighted by molar-refractivity contribution is 5.87. The van der Waals surface area contributed by atoms with Gasteiger partial charge in [0.25, 0.3) is 5.91 Å². The lowest BCUT2D eigenvalue weighted by Crippen LogP contribution is -2.46. The second kappa shape index (κ2) is 4.48. The first kappa shape index (κ1) is 9.55. The number of carbonyl (C=O) groups excluding carboxylic acids is 1. The van der Waals surface area contributed by atoms with Crippen LogP contribution in [0.25, 0.3) is 0 Å². The molecule has 0 spiro atoms. The van der Waals surface area contributed by atoms with Crippen molar-refractivity contribution in [2.75, 3.05) is 0 Å². The smallest absolute Gasteiger partial charge is 0.327 e. The molecule has 13 heavy (non-hydrogen) atoms. The number of aliphatic carboxylic acids is 1. The van der Waals surface area contributed by atoms with Gasteiger partial charge >= 0.3 is 5.97 Å². The van der Waals surface area contributed by atoms with Gasteiger partial charge in [-0.25, -0.2) is 4.79 Å². The van der Waals surface area contributed by atoms with Gasteiger partial charge in [0.1, 0.15) is 7.41 Å². The molecule has 5 heteroatoms. The van der Waals surface area contributed by atoms with Crippen molar-refractivity contribution < 1.29 is 16.1 Å². The zero-order valence-corrected chi connectivity index (χ0v) is 7.44. The lowest BCUT2D eigenvalue weighted by atomic mass is 10.2. The number of hydrogen-bond donors (Lipinski definition) is 2. The van der Waals surface area contributed by atoms with Gasteiger partial charge in [0.2, 0.25) is 0 Å². The molecule has 0 rings (SSSR count). The van der Waals surface area contributed by atoms with Crippen LogP contribution >= 0.6 is 0 Å². The van der Waals surface area contributed by atoms with E-state index in [4.69, 9.17) is 12.2 Å². The fourth-order valence-electron chi connectivity index (χ4n) is 0.673. The Morgan fingerprint density at radius 1 is 1.69 bits per heavy atom. The number of terminal acetylenes is 1. The summed E-state index contributed by atoms with van der Waals surface area (Å²) in [6, 6.07) is 0.144. The van der Waals surface area contributed by atoms with Crippen LogP contribution in [-0.4, -0.2) is 34.0 Å². The van der Waals surface area contributed by atoms with Gasteiger partial charge in [0.15, 0.2) is 0 Å². The Morgan fingerprint density at radius 2 is 2.23 bits per heavy atom. The third-order valence-corrected chi connectivity index (χ3v) is 1.49. The maximum absolute atomic E-state index is 11.3. The maximum atomic E-state index is 11.3. The molecule has 0 saturated carbocycles. The molecular weight excluding hydrogens is 172 g/mol. The monoisotopic (exact) mass is 185 g/mol. The number of carboxylic acids is 1. The molecule has 0 saturated heterocycles. The van der Waals surface area contributed by atoms with E-state index in [9.17, 15) is 9.59 Å². The molecule has 72 valence electrons. The summed E-state index contributed by atoms with van der Waals surface area (Å²) in [5.41, 5.74) is 5.29. The molecule has 0 radical (unpaired) electrons. The Morgan fingerprint density at radius 3 is 2.54 bits per heavy atom. The van der Waals surface area contributed by atoms with Crippen LogP contribution in [0.3, 0.4) is 0 Å². The number of amides is 1. The molecule has 0 aromatic carbocycles. The second-order valence-corrected chi connectivity index (χ2v) is 2.62. The van der Waals surface area contributed by atoms with Gasteiger partial charge in [-0.15, -0.1) is 0 Å². The van der Waals surface area contributed by atoms with Crippen LogP contribution in [0.5, 0.6) is 0 Å². The molecule has 0 aromatic rings. The van der Waals surface area contributed by atoms with E-state index in [1.165, 1.54) is 13.8 Å². The van der Waals surface area contributed by atoms with Gasteiger partial charge in [-0.3, -0.25) is 9.69 Å². The Bertz CT molecular complexity index is 293. The molecule has 0 aromatic heterocycles. The number of hydrogen-bond acceptors (Lipinski definition) is 3. The average molecular weight is 185 g/mol. The Hall–Kier alpha value is -1.54. The van der Waals surface area contributed by atoms with Crippen LogP contribution in [-0.2, 0) is 9.59 Å². The van der Waals surface area contributed by atoms with Crippen molar-refractivity contribution in [3.63, 3.8) is 0 Å². The van der Waals surface area contributed by atoms with Crippen molar-refractivity contribution in [1.29, 1.82) is 0 Å². The van der Waals surface area contributed by atoms with Gasteiger partial charge < -0.3 is 10.8 Å². The maximum Gasteiger partial charge on any atom is 0.327 e. The number of carboxylic acid groups (broad SMARTS) is 1. The van der Waals surface area contributed by atoms with Gasteiger partial charge in [-0.1, -0.05) is 6.40 Å². The van der Waals surface area contributed by atoms with Gasteiger partial charge in [-0.05, 0) is 13.8 Å². The van der Waals surface area contributed by atoms with Crippen molar-refractivity contribution in [1.82, 2.24) is 4.90 Å². The zero-order chi connectivity index (χ0) is 11.3. The molecule has 5 nitrogen and oxygen atoms in total. The van der Waals surface area contributed by atoms with E-state index in [-0.39, 0.29) is 0 Å². The highest BCUT2D eigenvalue weighted by atomic mass is 16.4. The van der Waals surface area contributed by atoms with E-state index >= 15 is 0 Å². The lowest BCUT2D eigenvalue weighted by Gasteiger charge is -2.21. The van der Waals surface area contributed by atoms with Crippen LogP contribution in [0.2, 0.25) is 0 Å². The van der Waals surface area contributed by atoms with E-state index in [0.717, 1.165) is 4.90 Å². The van der Waals surface area contributed by atoms with E-state index in [2.05, 4.69) is 6.04 Å². The molecule has 3 N–H and O–H groups in total. The number of rotatable bonds is 3. The molecule has 0 bridgehead atoms. The van der Waals surface area contributed by atoms with Crippen LogP contribution in [0.1, 0.15) is 15.2 Å². The summed E-state index contributed by atoms with van der Waals surface area (Å²) in [6.45, 7) is 2.72.